The number of hydrogen-bond acceptors (Lipinski definition) is 6. The quantitative estimate of drug-likeness (QED) is 0.289. The molecular formula is C29H27N5S. The summed E-state index contributed by atoms with van der Waals surface area (Å²) in [5.41, 5.74) is 6.85. The standard InChI is InChI=1S/C29H27N5S/c1-20-7-2-3-9-23(20)24-17-31-29(21-12-14-30-15-13-21)33-28(24)22-8-6-16-34(18-22)19-27-32-25-10-4-5-11-26(25)35-27/h2-5,7,9-15,17,22H,6,8,16,18-19H2,1H3. The molecule has 0 aliphatic carbocycles. The smallest absolute Gasteiger partial charge is 0.159 e. The molecule has 5 nitrogen and oxygen atoms in total. The lowest BCUT2D eigenvalue weighted by Crippen LogP contribution is -2.34. The van der Waals surface area contributed by atoms with Gasteiger partial charge in [-0.1, -0.05) is 36.4 Å². The van der Waals surface area contributed by atoms with Crippen LogP contribution in [0.15, 0.2) is 79.3 Å². The molecule has 5 aromatic rings. The van der Waals surface area contributed by atoms with Crippen molar-refractivity contribution in [3.8, 4) is 22.5 Å². The molecule has 0 N–H and O–H groups in total. The molecule has 6 heteroatoms. The maximum atomic E-state index is 5.18. The van der Waals surface area contributed by atoms with Crippen molar-refractivity contribution in [3.63, 3.8) is 0 Å². The Morgan fingerprint density at radius 2 is 1.77 bits per heavy atom. The third-order valence-electron chi connectivity index (χ3n) is 6.78. The highest BCUT2D eigenvalue weighted by atomic mass is 32.1. The monoisotopic (exact) mass is 477 g/mol. The molecule has 0 saturated carbocycles. The second-order valence-corrected chi connectivity index (χ2v) is 10.3. The molecule has 3 aromatic heterocycles. The number of aryl methyl sites for hydroxylation is 1. The van der Waals surface area contributed by atoms with E-state index in [4.69, 9.17) is 15.0 Å². The van der Waals surface area contributed by atoms with Crippen molar-refractivity contribution in [2.45, 2.75) is 32.2 Å². The highest BCUT2D eigenvalue weighted by molar-refractivity contribution is 7.18. The first-order chi connectivity index (χ1) is 17.2. The van der Waals surface area contributed by atoms with E-state index in [2.05, 4.69) is 65.3 Å². The third kappa shape index (κ3) is 4.59. The zero-order valence-electron chi connectivity index (χ0n) is 19.8. The van der Waals surface area contributed by atoms with Crippen LogP contribution in [0.5, 0.6) is 0 Å². The van der Waals surface area contributed by atoms with E-state index in [9.17, 15) is 0 Å². The normalized spacial score (nSPS) is 16.5. The van der Waals surface area contributed by atoms with Gasteiger partial charge in [0.2, 0.25) is 0 Å². The van der Waals surface area contributed by atoms with Crippen LogP contribution >= 0.6 is 11.3 Å². The fourth-order valence-corrected chi connectivity index (χ4v) is 6.04. The van der Waals surface area contributed by atoms with Crippen molar-refractivity contribution in [3.05, 3.63) is 95.5 Å². The zero-order valence-corrected chi connectivity index (χ0v) is 20.6. The number of piperidine rings is 1. The van der Waals surface area contributed by atoms with Crippen LogP contribution < -0.4 is 0 Å². The van der Waals surface area contributed by atoms with Crippen LogP contribution in [-0.2, 0) is 6.54 Å². The summed E-state index contributed by atoms with van der Waals surface area (Å²) in [6.07, 6.45) is 7.90. The number of rotatable bonds is 5. The first-order valence-corrected chi connectivity index (χ1v) is 13.0. The summed E-state index contributed by atoms with van der Waals surface area (Å²) < 4.78 is 1.26. The molecule has 1 aliphatic rings. The Kier molecular flexibility index (Phi) is 6.06. The molecule has 1 atom stereocenters. The number of pyridine rings is 1. The number of likely N-dealkylation sites (tertiary alicyclic amines) is 1. The summed E-state index contributed by atoms with van der Waals surface area (Å²) in [5.74, 6) is 1.11. The summed E-state index contributed by atoms with van der Waals surface area (Å²) in [6.45, 7) is 5.12. The van der Waals surface area contributed by atoms with E-state index in [1.54, 1.807) is 23.7 Å². The van der Waals surface area contributed by atoms with Gasteiger partial charge >= 0.3 is 0 Å². The van der Waals surface area contributed by atoms with Gasteiger partial charge in [-0.05, 0) is 61.7 Å². The van der Waals surface area contributed by atoms with Crippen molar-refractivity contribution >= 4 is 21.6 Å². The average Bonchev–Trinajstić information content (AvgIpc) is 3.32. The van der Waals surface area contributed by atoms with Crippen LogP contribution in [0.4, 0.5) is 0 Å². The van der Waals surface area contributed by atoms with E-state index >= 15 is 0 Å². The SMILES string of the molecule is Cc1ccccc1-c1cnc(-c2ccncc2)nc1C1CCCN(Cc2nc3ccccc3s2)C1. The van der Waals surface area contributed by atoms with E-state index in [0.29, 0.717) is 5.92 Å². The maximum absolute atomic E-state index is 5.18. The van der Waals surface area contributed by atoms with Gasteiger partial charge in [0.1, 0.15) is 5.01 Å². The van der Waals surface area contributed by atoms with E-state index in [1.165, 1.54) is 20.8 Å². The Hall–Kier alpha value is -3.48. The minimum Gasteiger partial charge on any atom is -0.296 e. The minimum atomic E-state index is 0.344. The van der Waals surface area contributed by atoms with E-state index < -0.39 is 0 Å². The van der Waals surface area contributed by atoms with Gasteiger partial charge in [0.25, 0.3) is 0 Å². The van der Waals surface area contributed by atoms with Crippen molar-refractivity contribution in [2.75, 3.05) is 13.1 Å². The zero-order chi connectivity index (χ0) is 23.6. The van der Waals surface area contributed by atoms with Gasteiger partial charge in [-0.15, -0.1) is 11.3 Å². The molecule has 6 rings (SSSR count). The van der Waals surface area contributed by atoms with Crippen LogP contribution in [0, 0.1) is 6.92 Å². The summed E-state index contributed by atoms with van der Waals surface area (Å²) in [4.78, 5) is 21.5. The van der Waals surface area contributed by atoms with Gasteiger partial charge < -0.3 is 0 Å². The van der Waals surface area contributed by atoms with Gasteiger partial charge in [-0.2, -0.15) is 0 Å². The van der Waals surface area contributed by atoms with E-state index in [-0.39, 0.29) is 0 Å². The lowest BCUT2D eigenvalue weighted by molar-refractivity contribution is 0.198. The van der Waals surface area contributed by atoms with Crippen molar-refractivity contribution in [1.29, 1.82) is 0 Å². The van der Waals surface area contributed by atoms with Crippen molar-refractivity contribution in [2.24, 2.45) is 0 Å². The fraction of sp³-hybridized carbons (Fsp3) is 0.241. The number of nitrogens with zero attached hydrogens (tertiary/aromatic N) is 5. The summed E-state index contributed by atoms with van der Waals surface area (Å²) in [6, 6.07) is 20.9. The fourth-order valence-electron chi connectivity index (χ4n) is 5.03. The maximum Gasteiger partial charge on any atom is 0.159 e. The minimum absolute atomic E-state index is 0.344. The summed E-state index contributed by atoms with van der Waals surface area (Å²) in [7, 11) is 0. The van der Waals surface area contributed by atoms with Gasteiger partial charge in [0.15, 0.2) is 5.82 Å². The van der Waals surface area contributed by atoms with Gasteiger partial charge in [0, 0.05) is 42.2 Å². The highest BCUT2D eigenvalue weighted by Crippen LogP contribution is 2.36. The largest absolute Gasteiger partial charge is 0.296 e. The average molecular weight is 478 g/mol. The van der Waals surface area contributed by atoms with Crippen molar-refractivity contribution < 1.29 is 0 Å². The molecule has 1 saturated heterocycles. The predicted octanol–water partition coefficient (Wildman–Crippen LogP) is 6.50. The second kappa shape index (κ2) is 9.64. The molecule has 4 heterocycles. The Balaban J connectivity index is 1.34. The molecule has 174 valence electrons. The number of fused-ring (bicyclic) bond motifs is 1. The van der Waals surface area contributed by atoms with E-state index in [0.717, 1.165) is 60.6 Å². The lowest BCUT2D eigenvalue weighted by Gasteiger charge is -2.33. The number of hydrogen-bond donors (Lipinski definition) is 0. The third-order valence-corrected chi connectivity index (χ3v) is 7.80. The molecule has 1 unspecified atom stereocenters. The number of thiazole rings is 1. The molecule has 1 aliphatic heterocycles. The number of aromatic nitrogens is 4. The van der Waals surface area contributed by atoms with Crippen molar-refractivity contribution in [1.82, 2.24) is 24.8 Å². The molecule has 1 fully saturated rings. The Morgan fingerprint density at radius 1 is 0.943 bits per heavy atom. The summed E-state index contributed by atoms with van der Waals surface area (Å²) >= 11 is 1.81. The van der Waals surface area contributed by atoms with Crippen LogP contribution in [0.2, 0.25) is 0 Å². The van der Waals surface area contributed by atoms with Gasteiger partial charge in [-0.25, -0.2) is 15.0 Å². The van der Waals surface area contributed by atoms with Crippen LogP contribution in [0.25, 0.3) is 32.7 Å². The first kappa shape index (κ1) is 22.0. The highest BCUT2D eigenvalue weighted by Gasteiger charge is 2.27. The van der Waals surface area contributed by atoms with Crippen LogP contribution in [-0.4, -0.2) is 37.9 Å². The first-order valence-electron chi connectivity index (χ1n) is 12.1. The molecule has 0 amide bonds. The molecule has 35 heavy (non-hydrogen) atoms. The molecule has 0 spiro atoms. The number of para-hydroxylation sites is 1. The summed E-state index contributed by atoms with van der Waals surface area (Å²) in [5, 5.41) is 1.19. The molecule has 0 bridgehead atoms. The van der Waals surface area contributed by atoms with Crippen LogP contribution in [0.1, 0.15) is 35.0 Å². The van der Waals surface area contributed by atoms with Crippen LogP contribution in [0.3, 0.4) is 0 Å². The Bertz CT molecular complexity index is 1430. The molecule has 0 radical (unpaired) electrons. The topological polar surface area (TPSA) is 54.8 Å². The van der Waals surface area contributed by atoms with Gasteiger partial charge in [-0.3, -0.25) is 9.88 Å². The Labute approximate surface area is 209 Å². The molecule has 2 aromatic carbocycles. The predicted molar refractivity (Wildman–Crippen MR) is 142 cm³/mol. The van der Waals surface area contributed by atoms with E-state index in [1.807, 2.05) is 18.3 Å². The van der Waals surface area contributed by atoms with Gasteiger partial charge in [0.05, 0.1) is 22.5 Å². The Morgan fingerprint density at radius 3 is 2.63 bits per heavy atom. The number of benzene rings is 2. The second-order valence-electron chi connectivity index (χ2n) is 9.19. The lowest BCUT2D eigenvalue weighted by atomic mass is 9.88. The molecular weight excluding hydrogens is 450 g/mol.